The molecule has 0 saturated carbocycles. The normalized spacial score (nSPS) is 10.4. The number of nitrogens with one attached hydrogen (secondary N) is 1. The second kappa shape index (κ2) is 6.83. The summed E-state index contributed by atoms with van der Waals surface area (Å²) in [5.74, 6) is -0.231. The van der Waals surface area contributed by atoms with E-state index in [4.69, 9.17) is 27.9 Å². The minimum Gasteiger partial charge on any atom is -0.375 e. The van der Waals surface area contributed by atoms with Crippen molar-refractivity contribution in [3.8, 4) is 0 Å². The Balaban J connectivity index is 2.41. The van der Waals surface area contributed by atoms with Crippen molar-refractivity contribution < 1.29 is 9.53 Å². The van der Waals surface area contributed by atoms with Gasteiger partial charge in [0, 0.05) is 13.6 Å². The van der Waals surface area contributed by atoms with Crippen LogP contribution in [0.2, 0.25) is 10.2 Å². The molecule has 1 aromatic rings. The third-order valence-electron chi connectivity index (χ3n) is 2.23. The Bertz CT molecular complexity index is 455. The smallest absolute Gasteiger partial charge is 0.268 e. The molecule has 0 fully saturated rings. The molecule has 0 aliphatic heterocycles. The number of carbonyl (C=O) groups is 1. The van der Waals surface area contributed by atoms with Crippen molar-refractivity contribution >= 4 is 29.1 Å². The van der Waals surface area contributed by atoms with Crippen molar-refractivity contribution in [1.29, 1.82) is 0 Å². The number of hydrogen-bond donors (Lipinski definition) is 1. The third kappa shape index (κ3) is 4.05. The molecule has 1 aromatic heterocycles. The molecular weight excluding hydrogens is 275 g/mol. The molecule has 6 heteroatoms. The minimum atomic E-state index is -0.231. The van der Waals surface area contributed by atoms with Gasteiger partial charge in [-0.25, -0.2) is 0 Å². The van der Waals surface area contributed by atoms with Crippen LogP contribution in [0.25, 0.3) is 0 Å². The summed E-state index contributed by atoms with van der Waals surface area (Å²) in [6, 6.07) is 1.54. The zero-order valence-corrected chi connectivity index (χ0v) is 11.9. The number of rotatable bonds is 6. The summed E-state index contributed by atoms with van der Waals surface area (Å²) in [6.45, 7) is 6.95. The molecule has 1 heterocycles. The number of hydrogen-bond acceptors (Lipinski definition) is 2. The molecule has 100 valence electrons. The summed E-state index contributed by atoms with van der Waals surface area (Å²) in [6.07, 6.45) is 0. The van der Waals surface area contributed by atoms with Crippen molar-refractivity contribution in [3.63, 3.8) is 0 Å². The molecule has 1 rings (SSSR count). The van der Waals surface area contributed by atoms with Crippen molar-refractivity contribution in [2.24, 2.45) is 7.05 Å². The monoisotopic (exact) mass is 290 g/mol. The summed E-state index contributed by atoms with van der Waals surface area (Å²) in [7, 11) is 1.68. The lowest BCUT2D eigenvalue weighted by Crippen LogP contribution is -2.28. The molecule has 0 radical (unpaired) electrons. The van der Waals surface area contributed by atoms with Gasteiger partial charge in [0.05, 0.1) is 18.2 Å². The van der Waals surface area contributed by atoms with Crippen LogP contribution in [0.3, 0.4) is 0 Å². The second-order valence-electron chi connectivity index (χ2n) is 3.99. The zero-order chi connectivity index (χ0) is 13.7. The van der Waals surface area contributed by atoms with Crippen LogP contribution in [0.1, 0.15) is 17.4 Å². The van der Waals surface area contributed by atoms with Crippen molar-refractivity contribution in [1.82, 2.24) is 9.88 Å². The van der Waals surface area contributed by atoms with Crippen molar-refractivity contribution in [2.45, 2.75) is 6.92 Å². The van der Waals surface area contributed by atoms with E-state index < -0.39 is 0 Å². The van der Waals surface area contributed by atoms with Gasteiger partial charge in [-0.15, -0.1) is 0 Å². The standard InChI is InChI=1S/C12H16Cl2N2O2/c1-8(2)7-18-5-4-15-12(17)10-6-9(13)11(14)16(10)3/h6H,1,4-5,7H2,2-3H3,(H,15,17). The molecule has 0 saturated heterocycles. The lowest BCUT2D eigenvalue weighted by molar-refractivity contribution is 0.0919. The highest BCUT2D eigenvalue weighted by Crippen LogP contribution is 2.24. The first-order chi connectivity index (χ1) is 8.43. The fraction of sp³-hybridized carbons (Fsp3) is 0.417. The van der Waals surface area contributed by atoms with Gasteiger partial charge in [-0.1, -0.05) is 35.4 Å². The van der Waals surface area contributed by atoms with Crippen molar-refractivity contribution in [3.05, 3.63) is 34.1 Å². The fourth-order valence-electron chi connectivity index (χ4n) is 1.33. The number of ether oxygens (including phenoxy) is 1. The van der Waals surface area contributed by atoms with E-state index in [1.807, 2.05) is 6.92 Å². The van der Waals surface area contributed by atoms with Crippen LogP contribution >= 0.6 is 23.2 Å². The molecule has 0 unspecified atom stereocenters. The van der Waals surface area contributed by atoms with Crippen LogP contribution in [0, 0.1) is 0 Å². The van der Waals surface area contributed by atoms with Gasteiger partial charge < -0.3 is 14.6 Å². The summed E-state index contributed by atoms with van der Waals surface area (Å²) in [4.78, 5) is 11.8. The highest BCUT2D eigenvalue weighted by atomic mass is 35.5. The topological polar surface area (TPSA) is 43.3 Å². The summed E-state index contributed by atoms with van der Waals surface area (Å²) in [5.41, 5.74) is 1.37. The quantitative estimate of drug-likeness (QED) is 0.647. The van der Waals surface area contributed by atoms with Crippen LogP contribution in [0.5, 0.6) is 0 Å². The van der Waals surface area contributed by atoms with Gasteiger partial charge in [0.1, 0.15) is 10.8 Å². The molecule has 0 bridgehead atoms. The highest BCUT2D eigenvalue weighted by Gasteiger charge is 2.14. The Morgan fingerprint density at radius 2 is 2.22 bits per heavy atom. The van der Waals surface area contributed by atoms with Gasteiger partial charge >= 0.3 is 0 Å². The van der Waals surface area contributed by atoms with Crippen LogP contribution in [0.4, 0.5) is 0 Å². The number of aromatic nitrogens is 1. The van der Waals surface area contributed by atoms with E-state index in [9.17, 15) is 4.79 Å². The number of carbonyl (C=O) groups excluding carboxylic acids is 1. The fourth-order valence-corrected chi connectivity index (χ4v) is 1.71. The summed E-state index contributed by atoms with van der Waals surface area (Å²) in [5, 5.41) is 3.43. The Labute approximate surface area is 117 Å². The molecule has 0 atom stereocenters. The molecule has 18 heavy (non-hydrogen) atoms. The predicted molar refractivity (Wildman–Crippen MR) is 73.4 cm³/mol. The average molecular weight is 291 g/mol. The number of nitrogens with zero attached hydrogens (tertiary/aromatic N) is 1. The van der Waals surface area contributed by atoms with E-state index in [-0.39, 0.29) is 5.91 Å². The van der Waals surface area contributed by atoms with Crippen LogP contribution in [-0.4, -0.2) is 30.2 Å². The first-order valence-corrected chi connectivity index (χ1v) is 6.20. The van der Waals surface area contributed by atoms with Crippen LogP contribution in [-0.2, 0) is 11.8 Å². The van der Waals surface area contributed by atoms with Gasteiger partial charge in [0.2, 0.25) is 0 Å². The Kier molecular flexibility index (Phi) is 5.72. The van der Waals surface area contributed by atoms with E-state index in [2.05, 4.69) is 11.9 Å². The maximum Gasteiger partial charge on any atom is 0.268 e. The maximum atomic E-state index is 11.8. The van der Waals surface area contributed by atoms with Crippen LogP contribution in [0.15, 0.2) is 18.2 Å². The molecular formula is C12H16Cl2N2O2. The van der Waals surface area contributed by atoms with E-state index >= 15 is 0 Å². The summed E-state index contributed by atoms with van der Waals surface area (Å²) >= 11 is 11.7. The average Bonchev–Trinajstić information content (AvgIpc) is 2.56. The van der Waals surface area contributed by atoms with E-state index in [1.54, 1.807) is 7.05 Å². The van der Waals surface area contributed by atoms with Gasteiger partial charge in [0.15, 0.2) is 0 Å². The molecule has 0 aliphatic carbocycles. The Morgan fingerprint density at radius 3 is 2.72 bits per heavy atom. The van der Waals surface area contributed by atoms with Gasteiger partial charge in [-0.05, 0) is 13.0 Å². The van der Waals surface area contributed by atoms with E-state index in [0.717, 1.165) is 5.57 Å². The lowest BCUT2D eigenvalue weighted by Gasteiger charge is -2.07. The van der Waals surface area contributed by atoms with Gasteiger partial charge in [-0.3, -0.25) is 4.79 Å². The predicted octanol–water partition coefficient (Wildman–Crippen LogP) is 2.65. The molecule has 0 aromatic carbocycles. The van der Waals surface area contributed by atoms with Crippen molar-refractivity contribution in [2.75, 3.05) is 19.8 Å². The van der Waals surface area contributed by atoms with Gasteiger partial charge in [-0.2, -0.15) is 0 Å². The Hall–Kier alpha value is -0.970. The van der Waals surface area contributed by atoms with E-state index in [0.29, 0.717) is 35.6 Å². The third-order valence-corrected chi connectivity index (χ3v) is 3.07. The van der Waals surface area contributed by atoms with E-state index in [1.165, 1.54) is 10.6 Å². The SMILES string of the molecule is C=C(C)COCCNC(=O)c1cc(Cl)c(Cl)n1C. The molecule has 0 spiro atoms. The maximum absolute atomic E-state index is 11.8. The Morgan fingerprint density at radius 1 is 1.56 bits per heavy atom. The summed E-state index contributed by atoms with van der Waals surface area (Å²) < 4.78 is 6.80. The number of amides is 1. The second-order valence-corrected chi connectivity index (χ2v) is 4.76. The van der Waals surface area contributed by atoms with Gasteiger partial charge in [0.25, 0.3) is 5.91 Å². The highest BCUT2D eigenvalue weighted by molar-refractivity contribution is 6.41. The zero-order valence-electron chi connectivity index (χ0n) is 10.4. The van der Waals surface area contributed by atoms with Crippen LogP contribution < -0.4 is 5.32 Å². The molecule has 0 aliphatic rings. The molecule has 1 amide bonds. The first kappa shape index (κ1) is 15.1. The number of halogens is 2. The molecule has 4 nitrogen and oxygen atoms in total. The minimum absolute atomic E-state index is 0.231. The largest absolute Gasteiger partial charge is 0.375 e. The molecule has 1 N–H and O–H groups in total. The lowest BCUT2D eigenvalue weighted by atomic mass is 10.4. The first-order valence-electron chi connectivity index (χ1n) is 5.44.